The molecule has 0 saturated carbocycles. The summed E-state index contributed by atoms with van der Waals surface area (Å²) in [6, 6.07) is 11.2. The van der Waals surface area contributed by atoms with E-state index in [4.69, 9.17) is 0 Å². The van der Waals surface area contributed by atoms with Crippen LogP contribution in [-0.4, -0.2) is 16.8 Å². The average Bonchev–Trinajstić information content (AvgIpc) is 2.71. The first kappa shape index (κ1) is 23.9. The highest BCUT2D eigenvalue weighted by atomic mass is 32.2. The third kappa shape index (κ3) is 5.15. The molecule has 6 nitrogen and oxygen atoms in total. The topological polar surface area (TPSA) is 92.3 Å². The van der Waals surface area contributed by atoms with Gasteiger partial charge >= 0.3 is 0 Å². The molecule has 2 N–H and O–H groups in total. The lowest BCUT2D eigenvalue weighted by Gasteiger charge is -2.13. The Bertz CT molecular complexity index is 1220. The van der Waals surface area contributed by atoms with Gasteiger partial charge in [0, 0.05) is 13.1 Å². The minimum Gasteiger partial charge on any atom is -0.207 e. The third-order valence-corrected chi connectivity index (χ3v) is 7.30. The van der Waals surface area contributed by atoms with Gasteiger partial charge in [0.1, 0.15) is 23.3 Å². The third-order valence-electron chi connectivity index (χ3n) is 4.40. The van der Waals surface area contributed by atoms with Crippen LogP contribution in [0.2, 0.25) is 0 Å². The van der Waals surface area contributed by atoms with E-state index < -0.39 is 66.2 Å². The fourth-order valence-electron chi connectivity index (χ4n) is 2.87. The number of rotatable bonds is 8. The largest absolute Gasteiger partial charge is 0.246 e. The molecule has 0 saturated heterocycles. The van der Waals surface area contributed by atoms with Gasteiger partial charge in [0.05, 0.1) is 0 Å². The molecule has 0 atom stereocenters. The van der Waals surface area contributed by atoms with Crippen LogP contribution in [0.15, 0.2) is 70.5 Å². The van der Waals surface area contributed by atoms with E-state index in [1.165, 1.54) is 24.3 Å². The molecule has 3 aromatic rings. The molecule has 0 aliphatic heterocycles. The van der Waals surface area contributed by atoms with Gasteiger partial charge in [0.2, 0.25) is 20.0 Å². The van der Waals surface area contributed by atoms with Crippen LogP contribution in [0.1, 0.15) is 11.1 Å². The van der Waals surface area contributed by atoms with Gasteiger partial charge < -0.3 is 0 Å². The second-order valence-corrected chi connectivity index (χ2v) is 9.93. The predicted octanol–water partition coefficient (Wildman–Crippen LogP) is 3.20. The quantitative estimate of drug-likeness (QED) is 0.477. The molecular formula is C20H16F4N2O4S2. The van der Waals surface area contributed by atoms with Crippen molar-refractivity contribution in [1.82, 2.24) is 9.44 Å². The maximum Gasteiger partial charge on any atom is 0.246 e. The van der Waals surface area contributed by atoms with Gasteiger partial charge in [-0.1, -0.05) is 36.4 Å². The van der Waals surface area contributed by atoms with E-state index in [1.807, 2.05) is 0 Å². The molecule has 12 heteroatoms. The highest BCUT2D eigenvalue weighted by Gasteiger charge is 2.25. The van der Waals surface area contributed by atoms with Gasteiger partial charge in [-0.3, -0.25) is 0 Å². The fourth-order valence-corrected chi connectivity index (χ4v) is 5.15. The van der Waals surface area contributed by atoms with E-state index in [9.17, 15) is 34.4 Å². The van der Waals surface area contributed by atoms with Gasteiger partial charge in [-0.2, -0.15) is 0 Å². The van der Waals surface area contributed by atoms with Gasteiger partial charge in [-0.15, -0.1) is 0 Å². The number of sulfonamides is 2. The zero-order valence-electron chi connectivity index (χ0n) is 16.1. The lowest BCUT2D eigenvalue weighted by molar-refractivity contribution is 0.511. The Balaban J connectivity index is 1.80. The molecule has 3 rings (SSSR count). The minimum absolute atomic E-state index is 0.268. The molecular weight excluding hydrogens is 472 g/mol. The fraction of sp³-hybridized carbons (Fsp3) is 0.100. The first-order chi connectivity index (χ1) is 15.0. The predicted molar refractivity (Wildman–Crippen MR) is 107 cm³/mol. The zero-order chi connectivity index (χ0) is 23.5. The van der Waals surface area contributed by atoms with E-state index >= 15 is 0 Å². The van der Waals surface area contributed by atoms with Crippen molar-refractivity contribution in [3.8, 4) is 0 Å². The number of hydrogen-bond donors (Lipinski definition) is 2. The lowest BCUT2D eigenvalue weighted by atomic mass is 10.1. The molecule has 0 aromatic heterocycles. The summed E-state index contributed by atoms with van der Waals surface area (Å²) >= 11 is 0. The van der Waals surface area contributed by atoms with Crippen molar-refractivity contribution >= 4 is 20.0 Å². The summed E-state index contributed by atoms with van der Waals surface area (Å²) in [5.41, 5.74) is 0.536. The average molecular weight is 488 g/mol. The van der Waals surface area contributed by atoms with Crippen molar-refractivity contribution in [2.45, 2.75) is 22.9 Å². The summed E-state index contributed by atoms with van der Waals surface area (Å²) in [5.74, 6) is -5.09. The molecule has 0 fully saturated rings. The molecule has 0 aliphatic rings. The van der Waals surface area contributed by atoms with Crippen LogP contribution < -0.4 is 9.44 Å². The molecule has 0 heterocycles. The minimum atomic E-state index is -4.57. The maximum atomic E-state index is 13.8. The summed E-state index contributed by atoms with van der Waals surface area (Å²) in [5, 5.41) is 0. The van der Waals surface area contributed by atoms with E-state index in [0.717, 1.165) is 36.4 Å². The second-order valence-electron chi connectivity index (χ2n) is 6.52. The summed E-state index contributed by atoms with van der Waals surface area (Å²) in [6.07, 6.45) is 0. The number of nitrogens with one attached hydrogen (secondary N) is 2. The van der Waals surface area contributed by atoms with Crippen LogP contribution >= 0.6 is 0 Å². The summed E-state index contributed by atoms with van der Waals surface area (Å²) in [7, 11) is -9.14. The molecule has 0 aliphatic carbocycles. The van der Waals surface area contributed by atoms with Crippen molar-refractivity contribution in [2.24, 2.45) is 0 Å². The maximum absolute atomic E-state index is 13.8. The number of hydrogen-bond acceptors (Lipinski definition) is 4. The summed E-state index contributed by atoms with van der Waals surface area (Å²) in [4.78, 5) is -2.29. The van der Waals surface area contributed by atoms with Crippen molar-refractivity contribution in [2.75, 3.05) is 0 Å². The molecule has 0 unspecified atom stereocenters. The summed E-state index contributed by atoms with van der Waals surface area (Å²) in [6.45, 7) is -0.857. The van der Waals surface area contributed by atoms with Crippen molar-refractivity contribution in [3.63, 3.8) is 0 Å². The van der Waals surface area contributed by atoms with E-state index in [2.05, 4.69) is 9.44 Å². The van der Waals surface area contributed by atoms with Crippen molar-refractivity contribution in [1.29, 1.82) is 0 Å². The standard InChI is InChI=1S/C20H16F4N2O4S2/c21-15-7-3-8-16(22)19(15)31(27,28)25-11-13-5-1-2-6-14(13)12-26-32(29,30)20-17(23)9-4-10-18(20)24/h1-10,25-26H,11-12H2. The Morgan fingerprint density at radius 2 is 0.844 bits per heavy atom. The lowest BCUT2D eigenvalue weighted by Crippen LogP contribution is -2.28. The monoisotopic (exact) mass is 488 g/mol. The molecule has 32 heavy (non-hydrogen) atoms. The van der Waals surface area contributed by atoms with Gasteiger partial charge in [0.15, 0.2) is 9.79 Å². The van der Waals surface area contributed by atoms with Gasteiger partial charge in [-0.05, 0) is 35.4 Å². The zero-order valence-corrected chi connectivity index (χ0v) is 17.8. The molecule has 0 amide bonds. The van der Waals surface area contributed by atoms with Crippen LogP contribution in [0.4, 0.5) is 17.6 Å². The van der Waals surface area contributed by atoms with Crippen molar-refractivity contribution in [3.05, 3.63) is 95.1 Å². The highest BCUT2D eigenvalue weighted by Crippen LogP contribution is 2.20. The van der Waals surface area contributed by atoms with E-state index in [-0.39, 0.29) is 11.1 Å². The SMILES string of the molecule is O=S(=O)(NCc1ccccc1CNS(=O)(=O)c1c(F)cccc1F)c1c(F)cccc1F. The molecule has 0 radical (unpaired) electrons. The van der Waals surface area contributed by atoms with Gasteiger partial charge in [0.25, 0.3) is 0 Å². The smallest absolute Gasteiger partial charge is 0.207 e. The molecule has 3 aromatic carbocycles. The Morgan fingerprint density at radius 3 is 1.16 bits per heavy atom. The molecule has 170 valence electrons. The molecule has 0 spiro atoms. The first-order valence-electron chi connectivity index (χ1n) is 8.97. The van der Waals surface area contributed by atoms with Crippen LogP contribution in [-0.2, 0) is 33.1 Å². The Labute approximate surface area is 182 Å². The Kier molecular flexibility index (Phi) is 6.98. The normalized spacial score (nSPS) is 12.1. The Morgan fingerprint density at radius 1 is 0.531 bits per heavy atom. The van der Waals surface area contributed by atoms with E-state index in [0.29, 0.717) is 0 Å². The molecule has 0 bridgehead atoms. The summed E-state index contributed by atoms with van der Waals surface area (Å²) < 4.78 is 109. The number of benzene rings is 3. The van der Waals surface area contributed by atoms with Crippen LogP contribution in [0.25, 0.3) is 0 Å². The first-order valence-corrected chi connectivity index (χ1v) is 11.9. The van der Waals surface area contributed by atoms with Crippen molar-refractivity contribution < 1.29 is 34.4 Å². The number of halogens is 4. The van der Waals surface area contributed by atoms with Crippen LogP contribution in [0, 0.1) is 23.3 Å². The second kappa shape index (κ2) is 9.36. The van der Waals surface area contributed by atoms with Crippen LogP contribution in [0.3, 0.4) is 0 Å². The van der Waals surface area contributed by atoms with E-state index in [1.54, 1.807) is 0 Å². The Hall–Kier alpha value is -2.80. The van der Waals surface area contributed by atoms with Crippen LogP contribution in [0.5, 0.6) is 0 Å². The van der Waals surface area contributed by atoms with Gasteiger partial charge in [-0.25, -0.2) is 43.8 Å². The highest BCUT2D eigenvalue weighted by molar-refractivity contribution is 7.89.